The fraction of sp³-hybridized carbons (Fsp3) is 0.167. The molecule has 1 aromatic heterocycles. The number of nitrogens with one attached hydrogen (secondary N) is 2. The number of nitrogens with zero attached hydrogens (tertiary/aromatic N) is 1. The number of aromatic nitrogens is 2. The molecule has 0 saturated carbocycles. The van der Waals surface area contributed by atoms with Gasteiger partial charge in [0.05, 0.1) is 12.5 Å². The van der Waals surface area contributed by atoms with E-state index in [4.69, 9.17) is 0 Å². The van der Waals surface area contributed by atoms with Gasteiger partial charge in [0.1, 0.15) is 11.7 Å². The molecule has 0 aliphatic rings. The number of carbonyl (C=O) groups excluding carboxylic acids is 2. The van der Waals surface area contributed by atoms with E-state index in [1.807, 2.05) is 36.6 Å². The van der Waals surface area contributed by atoms with Gasteiger partial charge in [0.2, 0.25) is 5.78 Å². The van der Waals surface area contributed by atoms with Crippen LogP contribution in [0.25, 0.3) is 17.2 Å². The number of benzene rings is 2. The lowest BCUT2D eigenvalue weighted by atomic mass is 9.96. The Morgan fingerprint density at radius 1 is 1.19 bits per heavy atom. The minimum absolute atomic E-state index is 0.219. The summed E-state index contributed by atoms with van der Waals surface area (Å²) in [7, 11) is 0. The number of ketones is 1. The van der Waals surface area contributed by atoms with Crippen LogP contribution in [0.2, 0.25) is 0 Å². The van der Waals surface area contributed by atoms with Gasteiger partial charge in [-0.05, 0) is 53.3 Å². The number of hydrogen-bond acceptors (Lipinski definition) is 5. The second kappa shape index (κ2) is 11.1. The zero-order valence-electron chi connectivity index (χ0n) is 17.4. The van der Waals surface area contributed by atoms with Gasteiger partial charge in [-0.15, -0.1) is 0 Å². The Labute approximate surface area is 190 Å². The molecule has 1 atom stereocenters. The van der Waals surface area contributed by atoms with E-state index >= 15 is 0 Å². The second-order valence-corrected chi connectivity index (χ2v) is 7.97. The molecule has 0 radical (unpaired) electrons. The normalized spacial score (nSPS) is 11.9. The number of hydrogen-bond donors (Lipinski definition) is 3. The van der Waals surface area contributed by atoms with Crippen molar-refractivity contribution in [1.82, 2.24) is 15.3 Å². The van der Waals surface area contributed by atoms with Crippen molar-refractivity contribution in [2.45, 2.75) is 12.5 Å². The molecule has 0 saturated heterocycles. The molecule has 164 valence electrons. The highest BCUT2D eigenvalue weighted by atomic mass is 32.2. The van der Waals surface area contributed by atoms with E-state index in [0.717, 1.165) is 11.1 Å². The van der Waals surface area contributed by atoms with Gasteiger partial charge in [0, 0.05) is 5.56 Å². The Morgan fingerprint density at radius 2 is 1.97 bits per heavy atom. The quantitative estimate of drug-likeness (QED) is 0.320. The molecule has 0 aliphatic heterocycles. The lowest BCUT2D eigenvalue weighted by molar-refractivity contribution is -0.139. The van der Waals surface area contributed by atoms with Gasteiger partial charge in [-0.3, -0.25) is 9.59 Å². The summed E-state index contributed by atoms with van der Waals surface area (Å²) in [5.41, 5.74) is 2.93. The molecule has 0 unspecified atom stereocenters. The molecule has 8 heteroatoms. The summed E-state index contributed by atoms with van der Waals surface area (Å²) in [5, 5.41) is 12.1. The zero-order valence-corrected chi connectivity index (χ0v) is 18.3. The molecule has 3 N–H and O–H groups in total. The molecule has 7 nitrogen and oxygen atoms in total. The highest BCUT2D eigenvalue weighted by Gasteiger charge is 2.22. The molecule has 2 aromatic carbocycles. The molecule has 0 spiro atoms. The molecule has 32 heavy (non-hydrogen) atoms. The van der Waals surface area contributed by atoms with Crippen LogP contribution in [0.3, 0.4) is 0 Å². The van der Waals surface area contributed by atoms with Gasteiger partial charge in [-0.2, -0.15) is 11.8 Å². The van der Waals surface area contributed by atoms with Crippen LogP contribution in [-0.4, -0.2) is 50.8 Å². The summed E-state index contributed by atoms with van der Waals surface area (Å²) in [6.07, 6.45) is 8.20. The Hall–Kier alpha value is -3.65. The van der Waals surface area contributed by atoms with Crippen LogP contribution in [0.1, 0.15) is 32.8 Å². The summed E-state index contributed by atoms with van der Waals surface area (Å²) < 4.78 is 0. The molecular formula is C24H23N3O4S. The van der Waals surface area contributed by atoms with Crippen LogP contribution in [0.4, 0.5) is 0 Å². The average Bonchev–Trinajstić information content (AvgIpc) is 3.35. The first-order valence-electron chi connectivity index (χ1n) is 9.92. The number of H-pyrrole nitrogens is 1. The van der Waals surface area contributed by atoms with Crippen molar-refractivity contribution in [3.8, 4) is 11.1 Å². The van der Waals surface area contributed by atoms with Gasteiger partial charge < -0.3 is 15.4 Å². The SMILES string of the molecule is CSCC[C@H](NC(=O)c1ccc(C=CC(=O)c2cnc[nH]2)cc1-c1ccccc1)C(=O)O. The van der Waals surface area contributed by atoms with Crippen LogP contribution in [0.15, 0.2) is 67.1 Å². The van der Waals surface area contributed by atoms with E-state index in [0.29, 0.717) is 29.0 Å². The van der Waals surface area contributed by atoms with E-state index in [1.165, 1.54) is 30.4 Å². The predicted molar refractivity (Wildman–Crippen MR) is 126 cm³/mol. The van der Waals surface area contributed by atoms with Crippen LogP contribution in [0, 0.1) is 0 Å². The standard InChI is InChI=1S/C24H23N3O4S/c1-32-12-11-20(24(30)31)27-23(29)18-9-7-16(8-10-22(28)21-14-25-15-26-21)13-19(18)17-5-3-2-4-6-17/h2-10,13-15,20H,11-12H2,1H3,(H,25,26)(H,27,29)(H,30,31)/t20-/m0/s1. The third-order valence-corrected chi connectivity index (χ3v) is 5.42. The van der Waals surface area contributed by atoms with Crippen molar-refractivity contribution in [3.05, 3.63) is 84.0 Å². The first kappa shape index (κ1) is 23.0. The maximum atomic E-state index is 13.0. The van der Waals surface area contributed by atoms with Crippen molar-refractivity contribution in [2.75, 3.05) is 12.0 Å². The number of carboxylic acid groups (broad SMARTS) is 1. The molecule has 3 aromatic rings. The van der Waals surface area contributed by atoms with Gasteiger partial charge in [-0.25, -0.2) is 9.78 Å². The third-order valence-electron chi connectivity index (χ3n) is 4.78. The van der Waals surface area contributed by atoms with Gasteiger partial charge in [0.25, 0.3) is 5.91 Å². The number of aliphatic carboxylic acids is 1. The van der Waals surface area contributed by atoms with Crippen LogP contribution < -0.4 is 5.32 Å². The number of amides is 1. The van der Waals surface area contributed by atoms with Crippen LogP contribution in [0.5, 0.6) is 0 Å². The molecule has 3 rings (SSSR count). The highest BCUT2D eigenvalue weighted by molar-refractivity contribution is 7.98. The topological polar surface area (TPSA) is 112 Å². The van der Waals surface area contributed by atoms with Gasteiger partial charge in [-0.1, -0.05) is 42.5 Å². The van der Waals surface area contributed by atoms with E-state index in [-0.39, 0.29) is 5.78 Å². The lowest BCUT2D eigenvalue weighted by Gasteiger charge is -2.16. The summed E-state index contributed by atoms with van der Waals surface area (Å²) in [6.45, 7) is 0. The largest absolute Gasteiger partial charge is 0.480 e. The predicted octanol–water partition coefficient (Wildman–Crippen LogP) is 3.91. The fourth-order valence-electron chi connectivity index (χ4n) is 3.10. The minimum Gasteiger partial charge on any atom is -0.480 e. The molecule has 0 fully saturated rings. The summed E-state index contributed by atoms with van der Waals surface area (Å²) >= 11 is 1.52. The average molecular weight is 450 g/mol. The Morgan fingerprint density at radius 3 is 2.62 bits per heavy atom. The first-order valence-corrected chi connectivity index (χ1v) is 11.3. The first-order chi connectivity index (χ1) is 15.5. The number of carboxylic acids is 1. The van der Waals surface area contributed by atoms with Gasteiger partial charge in [0.15, 0.2) is 0 Å². The van der Waals surface area contributed by atoms with E-state index in [9.17, 15) is 19.5 Å². The zero-order chi connectivity index (χ0) is 22.9. The fourth-order valence-corrected chi connectivity index (χ4v) is 3.57. The maximum Gasteiger partial charge on any atom is 0.326 e. The number of rotatable bonds is 10. The summed E-state index contributed by atoms with van der Waals surface area (Å²) in [4.78, 5) is 43.3. The smallest absolute Gasteiger partial charge is 0.326 e. The minimum atomic E-state index is -1.06. The Balaban J connectivity index is 1.91. The summed E-state index contributed by atoms with van der Waals surface area (Å²) in [6, 6.07) is 13.5. The molecule has 1 heterocycles. The molecular weight excluding hydrogens is 426 g/mol. The summed E-state index contributed by atoms with van der Waals surface area (Å²) in [5.74, 6) is -1.12. The van der Waals surface area contributed by atoms with E-state index in [1.54, 1.807) is 24.3 Å². The monoisotopic (exact) mass is 449 g/mol. The molecule has 0 bridgehead atoms. The van der Waals surface area contributed by atoms with Gasteiger partial charge >= 0.3 is 5.97 Å². The van der Waals surface area contributed by atoms with Crippen molar-refractivity contribution in [3.63, 3.8) is 0 Å². The van der Waals surface area contributed by atoms with Crippen LogP contribution in [-0.2, 0) is 4.79 Å². The van der Waals surface area contributed by atoms with E-state index in [2.05, 4.69) is 15.3 Å². The van der Waals surface area contributed by atoms with E-state index < -0.39 is 17.9 Å². The van der Waals surface area contributed by atoms with Crippen molar-refractivity contribution < 1.29 is 19.5 Å². The second-order valence-electron chi connectivity index (χ2n) is 6.98. The molecule has 0 aliphatic carbocycles. The van der Waals surface area contributed by atoms with Crippen molar-refractivity contribution in [2.24, 2.45) is 0 Å². The number of aromatic amines is 1. The third kappa shape index (κ3) is 5.95. The Kier molecular flexibility index (Phi) is 7.99. The lowest BCUT2D eigenvalue weighted by Crippen LogP contribution is -2.41. The maximum absolute atomic E-state index is 13.0. The van der Waals surface area contributed by atoms with Crippen molar-refractivity contribution >= 4 is 35.5 Å². The molecule has 1 amide bonds. The number of allylic oxidation sites excluding steroid dienone is 1. The van der Waals surface area contributed by atoms with Crippen LogP contribution >= 0.6 is 11.8 Å². The Bertz CT molecular complexity index is 1110. The van der Waals surface area contributed by atoms with Crippen molar-refractivity contribution in [1.29, 1.82) is 0 Å². The number of imidazole rings is 1. The highest BCUT2D eigenvalue weighted by Crippen LogP contribution is 2.26. The number of carbonyl (C=O) groups is 3. The number of thioether (sulfide) groups is 1.